The summed E-state index contributed by atoms with van der Waals surface area (Å²) < 4.78 is 5.80. The summed E-state index contributed by atoms with van der Waals surface area (Å²) in [5.74, 6) is 2.10. The van der Waals surface area contributed by atoms with Gasteiger partial charge in [0.15, 0.2) is 6.54 Å². The van der Waals surface area contributed by atoms with Gasteiger partial charge in [0.25, 0.3) is 0 Å². The predicted octanol–water partition coefficient (Wildman–Crippen LogP) is 2.76. The molecular weight excluding hydrogens is 506 g/mol. The van der Waals surface area contributed by atoms with E-state index in [0.29, 0.717) is 50.5 Å². The molecule has 2 heterocycles. The zero-order valence-electron chi connectivity index (χ0n) is 25.0. The fourth-order valence-corrected chi connectivity index (χ4v) is 4.96. The van der Waals surface area contributed by atoms with Gasteiger partial charge in [-0.2, -0.15) is 0 Å². The van der Waals surface area contributed by atoms with Gasteiger partial charge in [-0.1, -0.05) is 0 Å². The minimum Gasteiger partial charge on any atom is -0.481 e. The number of carbonyl (C=O) groups is 2. The zero-order valence-corrected chi connectivity index (χ0v) is 25.0. The molecule has 11 nitrogen and oxygen atoms in total. The van der Waals surface area contributed by atoms with Crippen LogP contribution in [0.25, 0.3) is 0 Å². The average molecular weight is 553 g/mol. The molecule has 0 aromatic heterocycles. The number of quaternary nitrogens is 1. The maximum Gasteiger partial charge on any atom is 0.362 e. The second kappa shape index (κ2) is 12.2. The molecule has 39 heavy (non-hydrogen) atoms. The highest BCUT2D eigenvalue weighted by Gasteiger charge is 2.49. The van der Waals surface area contributed by atoms with Crippen LogP contribution in [0.5, 0.6) is 0 Å². The van der Waals surface area contributed by atoms with Gasteiger partial charge < -0.3 is 14.3 Å². The molecule has 0 aromatic carbocycles. The SMILES string of the molecule is CC(C)(C)OC(=O)C[N+](CCCC(=O)O)(CC1CN(OC(C)(C)C)C1=C=O)CC1CN(OC(C)(C)C)C1=C=O. The molecule has 0 spiro atoms. The molecule has 0 radical (unpaired) electrons. The zero-order chi connectivity index (χ0) is 29.8. The minimum atomic E-state index is -0.936. The molecule has 2 saturated heterocycles. The highest BCUT2D eigenvalue weighted by atomic mass is 16.7. The van der Waals surface area contributed by atoms with Crippen LogP contribution in [0.3, 0.4) is 0 Å². The van der Waals surface area contributed by atoms with Crippen molar-refractivity contribution >= 4 is 23.8 Å². The normalized spacial score (nSPS) is 21.4. The maximum atomic E-state index is 13.2. The molecule has 2 atom stereocenters. The molecule has 1 N–H and O–H groups in total. The summed E-state index contributed by atoms with van der Waals surface area (Å²) in [6, 6.07) is 0. The molecular formula is C28H46N3O8+. The molecule has 0 bridgehead atoms. The summed E-state index contributed by atoms with van der Waals surface area (Å²) in [7, 11) is 0. The minimum absolute atomic E-state index is 0.0393. The summed E-state index contributed by atoms with van der Waals surface area (Å²) in [5.41, 5.74) is -1.02. The number of esters is 1. The number of rotatable bonds is 12. The lowest BCUT2D eigenvalue weighted by molar-refractivity contribution is -0.928. The van der Waals surface area contributed by atoms with Crippen molar-refractivity contribution in [1.82, 2.24) is 10.1 Å². The van der Waals surface area contributed by atoms with E-state index in [4.69, 9.17) is 14.4 Å². The second-order valence-corrected chi connectivity index (χ2v) is 13.6. The van der Waals surface area contributed by atoms with E-state index in [1.54, 1.807) is 20.8 Å². The van der Waals surface area contributed by atoms with Crippen LogP contribution in [0, 0.1) is 11.8 Å². The molecule has 0 amide bonds. The number of aliphatic carboxylic acids is 1. The number of ether oxygens (including phenoxy) is 1. The number of carboxylic acid groups (broad SMARTS) is 1. The van der Waals surface area contributed by atoms with Crippen molar-refractivity contribution in [1.29, 1.82) is 0 Å². The Morgan fingerprint density at radius 2 is 1.28 bits per heavy atom. The van der Waals surface area contributed by atoms with Gasteiger partial charge in [0.1, 0.15) is 28.9 Å². The lowest BCUT2D eigenvalue weighted by atomic mass is 9.91. The number of hydrogen-bond acceptors (Lipinski definition) is 9. The first-order valence-electron chi connectivity index (χ1n) is 13.5. The Kier molecular flexibility index (Phi) is 10.2. The lowest BCUT2D eigenvalue weighted by Gasteiger charge is -2.51. The van der Waals surface area contributed by atoms with E-state index in [1.165, 1.54) is 10.1 Å². The average Bonchev–Trinajstić information content (AvgIpc) is 2.68. The summed E-state index contributed by atoms with van der Waals surface area (Å²) in [6.45, 7) is 18.5. The highest BCUT2D eigenvalue weighted by Crippen LogP contribution is 2.37. The van der Waals surface area contributed by atoms with Crippen molar-refractivity contribution in [2.45, 2.75) is 92.0 Å². The van der Waals surface area contributed by atoms with Gasteiger partial charge in [0, 0.05) is 6.42 Å². The molecule has 2 fully saturated rings. The Labute approximate surface area is 231 Å². The smallest absolute Gasteiger partial charge is 0.362 e. The van der Waals surface area contributed by atoms with Crippen molar-refractivity contribution in [2.75, 3.05) is 39.3 Å². The van der Waals surface area contributed by atoms with Gasteiger partial charge in [-0.3, -0.25) is 14.5 Å². The third-order valence-corrected chi connectivity index (χ3v) is 6.18. The van der Waals surface area contributed by atoms with Crippen molar-refractivity contribution in [3.63, 3.8) is 0 Å². The van der Waals surface area contributed by atoms with E-state index >= 15 is 0 Å². The lowest BCUT2D eigenvalue weighted by Crippen LogP contribution is -2.64. The standard InChI is InChI=1S/C28H45N3O8/c1-26(2,3)37-25(36)17-31(12-10-11-24(34)35,15-20-13-29(22(20)18-32)38-27(4,5)6)16-21-14-30(23(21)19-33)39-28(7,8)9/h20-21H,10-17H2,1-9H3/p+1. The van der Waals surface area contributed by atoms with Gasteiger partial charge in [-0.05, 0) is 62.3 Å². The number of carbonyl (C=O) groups excluding carboxylic acids is 3. The van der Waals surface area contributed by atoms with E-state index in [2.05, 4.69) is 0 Å². The van der Waals surface area contributed by atoms with Crippen LogP contribution in [0.15, 0.2) is 11.4 Å². The van der Waals surface area contributed by atoms with Crippen LogP contribution in [0.2, 0.25) is 0 Å². The molecule has 220 valence electrons. The summed E-state index contributed by atoms with van der Waals surface area (Å²) >= 11 is 0. The Bertz CT molecular complexity index is 953. The van der Waals surface area contributed by atoms with E-state index in [9.17, 15) is 24.3 Å². The molecule has 0 aliphatic carbocycles. The van der Waals surface area contributed by atoms with Crippen LogP contribution in [0.1, 0.15) is 75.2 Å². The first-order chi connectivity index (χ1) is 17.8. The molecule has 11 heteroatoms. The van der Waals surface area contributed by atoms with Gasteiger partial charge in [-0.15, -0.1) is 0 Å². The fourth-order valence-electron chi connectivity index (χ4n) is 4.96. The van der Waals surface area contributed by atoms with Crippen LogP contribution < -0.4 is 0 Å². The van der Waals surface area contributed by atoms with Crippen LogP contribution in [-0.4, -0.2) is 99.6 Å². The maximum absolute atomic E-state index is 13.2. The third-order valence-electron chi connectivity index (χ3n) is 6.18. The Balaban J connectivity index is 2.38. The number of nitrogens with zero attached hydrogens (tertiary/aromatic N) is 3. The number of hydrogen-bond donors (Lipinski definition) is 1. The van der Waals surface area contributed by atoms with Crippen molar-refractivity contribution < 1.29 is 43.2 Å². The predicted molar refractivity (Wildman–Crippen MR) is 143 cm³/mol. The quantitative estimate of drug-likeness (QED) is 0.220. The Morgan fingerprint density at radius 1 is 0.846 bits per heavy atom. The van der Waals surface area contributed by atoms with Crippen LogP contribution >= 0.6 is 0 Å². The van der Waals surface area contributed by atoms with Crippen molar-refractivity contribution in [3.8, 4) is 0 Å². The molecule has 2 aliphatic rings. The molecule has 2 rings (SSSR count). The molecule has 0 aromatic rings. The molecule has 2 unspecified atom stereocenters. The van der Waals surface area contributed by atoms with E-state index in [1.807, 2.05) is 53.4 Å². The van der Waals surface area contributed by atoms with Gasteiger partial charge in [-0.25, -0.2) is 24.5 Å². The summed E-state index contributed by atoms with van der Waals surface area (Å²) in [4.78, 5) is 60.1. The monoisotopic (exact) mass is 552 g/mol. The largest absolute Gasteiger partial charge is 0.481 e. The second-order valence-electron chi connectivity index (χ2n) is 13.6. The van der Waals surface area contributed by atoms with Crippen LogP contribution in [-0.2, 0) is 33.6 Å². The van der Waals surface area contributed by atoms with E-state index in [0.717, 1.165) is 0 Å². The van der Waals surface area contributed by atoms with E-state index < -0.39 is 28.7 Å². The summed E-state index contributed by atoms with van der Waals surface area (Å²) in [6.07, 6.45) is 0.233. The van der Waals surface area contributed by atoms with Gasteiger partial charge in [0.2, 0.25) is 0 Å². The molecule has 2 aliphatic heterocycles. The van der Waals surface area contributed by atoms with Gasteiger partial charge >= 0.3 is 11.9 Å². The van der Waals surface area contributed by atoms with Crippen molar-refractivity contribution in [2.24, 2.45) is 11.8 Å². The van der Waals surface area contributed by atoms with Crippen LogP contribution in [0.4, 0.5) is 0 Å². The topological polar surface area (TPSA) is 123 Å². The number of carboxylic acids is 1. The first-order valence-corrected chi connectivity index (χ1v) is 13.5. The highest BCUT2D eigenvalue weighted by molar-refractivity contribution is 5.71. The Morgan fingerprint density at radius 3 is 1.62 bits per heavy atom. The Hall–Kier alpha value is -2.68. The van der Waals surface area contributed by atoms with Gasteiger partial charge in [0.05, 0.1) is 62.2 Å². The van der Waals surface area contributed by atoms with Crippen molar-refractivity contribution in [3.05, 3.63) is 11.4 Å². The van der Waals surface area contributed by atoms with E-state index in [-0.39, 0.29) is 29.3 Å². The molecule has 0 saturated carbocycles. The summed E-state index contributed by atoms with van der Waals surface area (Å²) in [5, 5.41) is 12.4. The first kappa shape index (κ1) is 32.5. The fraction of sp³-hybridized carbons (Fsp3) is 0.786. The number of hydroxylamine groups is 4. The third kappa shape index (κ3) is 10.1.